The van der Waals surface area contributed by atoms with Gasteiger partial charge < -0.3 is 5.32 Å². The lowest BCUT2D eigenvalue weighted by atomic mass is 9.83. The molecule has 2 atom stereocenters. The van der Waals surface area contributed by atoms with E-state index in [9.17, 15) is 0 Å². The van der Waals surface area contributed by atoms with E-state index in [2.05, 4.69) is 30.9 Å². The van der Waals surface area contributed by atoms with Crippen molar-refractivity contribution < 1.29 is 0 Å². The van der Waals surface area contributed by atoms with Crippen LogP contribution < -0.4 is 5.32 Å². The van der Waals surface area contributed by atoms with Gasteiger partial charge in [0.2, 0.25) is 0 Å². The fraction of sp³-hybridized carbons (Fsp3) is 1.00. The normalized spacial score (nSPS) is 40.9. The van der Waals surface area contributed by atoms with Gasteiger partial charge in [0.1, 0.15) is 0 Å². The molecule has 1 saturated carbocycles. The van der Waals surface area contributed by atoms with E-state index in [0.29, 0.717) is 0 Å². The maximum atomic E-state index is 3.84. The van der Waals surface area contributed by atoms with Gasteiger partial charge in [-0.1, -0.05) is 26.7 Å². The third kappa shape index (κ3) is 3.66. The Bertz CT molecular complexity index is 199. The molecule has 2 aliphatic rings. The fourth-order valence-corrected chi connectivity index (χ4v) is 4.21. The quantitative estimate of drug-likeness (QED) is 0.809. The van der Waals surface area contributed by atoms with E-state index >= 15 is 0 Å². The predicted molar refractivity (Wildman–Crippen MR) is 74.1 cm³/mol. The van der Waals surface area contributed by atoms with Crippen LogP contribution >= 0.6 is 11.8 Å². The standard InChI is InChI=1S/C14H27NS/c1-11-5-7-13(8-6-11)10-15-14-4-3-9-16-12(14)2/h11-15H,3-10H2,1-2H3. The molecule has 0 radical (unpaired) electrons. The molecule has 0 aromatic heterocycles. The molecular weight excluding hydrogens is 214 g/mol. The summed E-state index contributed by atoms with van der Waals surface area (Å²) in [5, 5.41) is 4.66. The molecule has 1 nitrogen and oxygen atoms in total. The summed E-state index contributed by atoms with van der Waals surface area (Å²) in [6.45, 7) is 6.08. The summed E-state index contributed by atoms with van der Waals surface area (Å²) >= 11 is 2.15. The Morgan fingerprint density at radius 2 is 1.81 bits per heavy atom. The van der Waals surface area contributed by atoms with Crippen LogP contribution in [-0.2, 0) is 0 Å². The second-order valence-electron chi connectivity index (χ2n) is 5.86. The lowest BCUT2D eigenvalue weighted by Gasteiger charge is -2.32. The molecule has 2 unspecified atom stereocenters. The molecule has 0 aromatic carbocycles. The topological polar surface area (TPSA) is 12.0 Å². The average molecular weight is 241 g/mol. The lowest BCUT2D eigenvalue weighted by molar-refractivity contribution is 0.271. The highest BCUT2D eigenvalue weighted by atomic mass is 32.2. The van der Waals surface area contributed by atoms with Crippen LogP contribution in [0.3, 0.4) is 0 Å². The van der Waals surface area contributed by atoms with E-state index in [1.165, 1.54) is 50.8 Å². The zero-order valence-corrected chi connectivity index (χ0v) is 11.7. The van der Waals surface area contributed by atoms with Gasteiger partial charge in [-0.25, -0.2) is 0 Å². The van der Waals surface area contributed by atoms with Crippen molar-refractivity contribution in [2.24, 2.45) is 11.8 Å². The van der Waals surface area contributed by atoms with Gasteiger partial charge in [0.05, 0.1) is 0 Å². The van der Waals surface area contributed by atoms with Gasteiger partial charge in [-0.2, -0.15) is 11.8 Å². The monoisotopic (exact) mass is 241 g/mol. The van der Waals surface area contributed by atoms with Crippen molar-refractivity contribution in [1.82, 2.24) is 5.32 Å². The number of hydrogen-bond acceptors (Lipinski definition) is 2. The van der Waals surface area contributed by atoms with Crippen molar-refractivity contribution in [2.45, 2.75) is 63.7 Å². The summed E-state index contributed by atoms with van der Waals surface area (Å²) in [4.78, 5) is 0. The van der Waals surface area contributed by atoms with E-state index in [1.54, 1.807) is 0 Å². The Morgan fingerprint density at radius 3 is 2.50 bits per heavy atom. The van der Waals surface area contributed by atoms with Crippen LogP contribution in [0.5, 0.6) is 0 Å². The first-order valence-electron chi connectivity index (χ1n) is 7.10. The van der Waals surface area contributed by atoms with Crippen molar-refractivity contribution in [2.75, 3.05) is 12.3 Å². The molecule has 2 heteroatoms. The Morgan fingerprint density at radius 1 is 1.06 bits per heavy atom. The van der Waals surface area contributed by atoms with Crippen molar-refractivity contribution in [3.05, 3.63) is 0 Å². The van der Waals surface area contributed by atoms with Crippen LogP contribution in [-0.4, -0.2) is 23.6 Å². The molecule has 0 aromatic rings. The minimum absolute atomic E-state index is 0.790. The molecule has 1 heterocycles. The third-order valence-electron chi connectivity index (χ3n) is 4.41. The molecule has 0 bridgehead atoms. The summed E-state index contributed by atoms with van der Waals surface area (Å²) in [5.41, 5.74) is 0. The summed E-state index contributed by atoms with van der Waals surface area (Å²) in [6.07, 6.45) is 8.65. The second kappa shape index (κ2) is 6.30. The van der Waals surface area contributed by atoms with E-state index in [0.717, 1.165) is 23.1 Å². The number of rotatable bonds is 3. The zero-order valence-electron chi connectivity index (χ0n) is 10.9. The Hall–Kier alpha value is 0.310. The molecule has 2 rings (SSSR count). The van der Waals surface area contributed by atoms with Gasteiger partial charge in [0, 0.05) is 11.3 Å². The highest BCUT2D eigenvalue weighted by molar-refractivity contribution is 7.99. The van der Waals surface area contributed by atoms with Crippen molar-refractivity contribution >= 4 is 11.8 Å². The van der Waals surface area contributed by atoms with Crippen LogP contribution in [0.4, 0.5) is 0 Å². The van der Waals surface area contributed by atoms with E-state index < -0.39 is 0 Å². The molecule has 0 amide bonds. The number of nitrogens with one attached hydrogen (secondary N) is 1. The number of thioether (sulfide) groups is 1. The average Bonchev–Trinajstić information content (AvgIpc) is 2.30. The highest BCUT2D eigenvalue weighted by Gasteiger charge is 2.23. The molecule has 1 aliphatic carbocycles. The largest absolute Gasteiger partial charge is 0.313 e. The van der Waals surface area contributed by atoms with E-state index in [1.807, 2.05) is 0 Å². The van der Waals surface area contributed by atoms with Gasteiger partial charge in [-0.05, 0) is 49.8 Å². The maximum Gasteiger partial charge on any atom is 0.0184 e. The van der Waals surface area contributed by atoms with Gasteiger partial charge in [0.15, 0.2) is 0 Å². The summed E-state index contributed by atoms with van der Waals surface area (Å²) in [6, 6.07) is 0.790. The van der Waals surface area contributed by atoms with Crippen LogP contribution in [0.1, 0.15) is 52.4 Å². The SMILES string of the molecule is CC1CCC(CNC2CCCSC2C)CC1. The van der Waals surface area contributed by atoms with Crippen molar-refractivity contribution in [1.29, 1.82) is 0 Å². The van der Waals surface area contributed by atoms with Gasteiger partial charge in [-0.3, -0.25) is 0 Å². The van der Waals surface area contributed by atoms with Gasteiger partial charge >= 0.3 is 0 Å². The number of hydrogen-bond donors (Lipinski definition) is 1. The molecule has 1 saturated heterocycles. The lowest BCUT2D eigenvalue weighted by Crippen LogP contribution is -2.42. The summed E-state index contributed by atoms with van der Waals surface area (Å²) in [7, 11) is 0. The van der Waals surface area contributed by atoms with E-state index in [4.69, 9.17) is 0 Å². The first-order chi connectivity index (χ1) is 7.75. The van der Waals surface area contributed by atoms with Crippen molar-refractivity contribution in [3.63, 3.8) is 0 Å². The van der Waals surface area contributed by atoms with E-state index in [-0.39, 0.29) is 0 Å². The van der Waals surface area contributed by atoms with Crippen LogP contribution in [0.2, 0.25) is 0 Å². The van der Waals surface area contributed by atoms with Gasteiger partial charge in [-0.15, -0.1) is 0 Å². The summed E-state index contributed by atoms with van der Waals surface area (Å²) < 4.78 is 0. The Balaban J connectivity index is 1.66. The molecule has 2 fully saturated rings. The fourth-order valence-electron chi connectivity index (χ4n) is 3.04. The maximum absolute atomic E-state index is 3.84. The van der Waals surface area contributed by atoms with Crippen molar-refractivity contribution in [3.8, 4) is 0 Å². The molecular formula is C14H27NS. The zero-order chi connectivity index (χ0) is 11.4. The molecule has 94 valence electrons. The minimum atomic E-state index is 0.790. The van der Waals surface area contributed by atoms with Crippen LogP contribution in [0.15, 0.2) is 0 Å². The predicted octanol–water partition coefficient (Wildman–Crippen LogP) is 3.69. The smallest absolute Gasteiger partial charge is 0.0184 e. The molecule has 0 spiro atoms. The Kier molecular flexibility index (Phi) is 5.02. The first-order valence-corrected chi connectivity index (χ1v) is 8.15. The first kappa shape index (κ1) is 12.8. The third-order valence-corrected chi connectivity index (χ3v) is 5.79. The second-order valence-corrected chi connectivity index (χ2v) is 7.34. The minimum Gasteiger partial charge on any atom is -0.313 e. The van der Waals surface area contributed by atoms with Crippen LogP contribution in [0, 0.1) is 11.8 Å². The molecule has 16 heavy (non-hydrogen) atoms. The van der Waals surface area contributed by atoms with Gasteiger partial charge in [0.25, 0.3) is 0 Å². The summed E-state index contributed by atoms with van der Waals surface area (Å²) in [5.74, 6) is 3.33. The molecule has 1 N–H and O–H groups in total. The van der Waals surface area contributed by atoms with Crippen LogP contribution in [0.25, 0.3) is 0 Å². The Labute approximate surface area is 105 Å². The highest BCUT2D eigenvalue weighted by Crippen LogP contribution is 2.29. The molecule has 1 aliphatic heterocycles.